The van der Waals surface area contributed by atoms with Crippen molar-refractivity contribution < 1.29 is 23.0 Å². The van der Waals surface area contributed by atoms with Crippen LogP contribution in [-0.2, 0) is 12.7 Å². The van der Waals surface area contributed by atoms with Crippen LogP contribution >= 0.6 is 11.6 Å². The van der Waals surface area contributed by atoms with Crippen LogP contribution in [0.4, 0.5) is 13.2 Å². The fourth-order valence-corrected chi connectivity index (χ4v) is 5.05. The van der Waals surface area contributed by atoms with E-state index < -0.39 is 17.5 Å². The number of H-pyrrole nitrogens is 1. The Morgan fingerprint density at radius 3 is 2.40 bits per heavy atom. The van der Waals surface area contributed by atoms with Gasteiger partial charge in [-0.05, 0) is 51.9 Å². The second-order valence-electron chi connectivity index (χ2n) is 10.6. The molecule has 0 radical (unpaired) electrons. The molecular formula is C30H36ClF3N6O2. The van der Waals surface area contributed by atoms with Crippen molar-refractivity contribution in [2.24, 2.45) is 0 Å². The molecule has 226 valence electrons. The molecule has 0 saturated heterocycles. The molecule has 0 aliphatic rings. The van der Waals surface area contributed by atoms with Gasteiger partial charge in [-0.25, -0.2) is 9.97 Å². The van der Waals surface area contributed by atoms with Crippen molar-refractivity contribution in [1.82, 2.24) is 29.6 Å². The monoisotopic (exact) mass is 604 g/mol. The van der Waals surface area contributed by atoms with E-state index in [1.165, 1.54) is 18.6 Å². The Labute approximate surface area is 248 Å². The number of aryl methyl sites for hydroxylation is 1. The van der Waals surface area contributed by atoms with Crippen LogP contribution in [0.5, 0.6) is 5.75 Å². The highest BCUT2D eigenvalue weighted by atomic mass is 35.5. The maximum absolute atomic E-state index is 14.5. The first kappa shape index (κ1) is 31.5. The highest BCUT2D eigenvalue weighted by Gasteiger charge is 2.40. The third-order valence-corrected chi connectivity index (χ3v) is 7.40. The summed E-state index contributed by atoms with van der Waals surface area (Å²) in [7, 11) is 0. The summed E-state index contributed by atoms with van der Waals surface area (Å²) in [5.41, 5.74) is -0.672. The number of rotatable bonds is 13. The van der Waals surface area contributed by atoms with Crippen LogP contribution in [0.15, 0.2) is 49.1 Å². The second-order valence-corrected chi connectivity index (χ2v) is 10.9. The number of alkyl halides is 3. The molecule has 0 saturated carbocycles. The van der Waals surface area contributed by atoms with Gasteiger partial charge in [0, 0.05) is 48.4 Å². The molecule has 0 aliphatic heterocycles. The van der Waals surface area contributed by atoms with Crippen LogP contribution in [-0.4, -0.2) is 66.6 Å². The first-order valence-electron chi connectivity index (χ1n) is 13.9. The highest BCUT2D eigenvalue weighted by Crippen LogP contribution is 2.46. The molecular weight excluding hydrogens is 569 g/mol. The molecule has 0 amide bonds. The minimum absolute atomic E-state index is 0.0825. The van der Waals surface area contributed by atoms with Gasteiger partial charge in [0.15, 0.2) is 11.5 Å². The van der Waals surface area contributed by atoms with Gasteiger partial charge in [0.2, 0.25) is 0 Å². The molecule has 0 unspecified atom stereocenters. The van der Waals surface area contributed by atoms with Crippen molar-refractivity contribution in [1.29, 1.82) is 0 Å². The third-order valence-electron chi connectivity index (χ3n) is 7.01. The van der Waals surface area contributed by atoms with E-state index in [0.29, 0.717) is 34.1 Å². The number of aromatic nitrogens is 5. The lowest BCUT2D eigenvalue weighted by molar-refractivity contribution is -0.144. The number of aromatic amines is 1. The number of hydrogen-bond acceptors (Lipinski definition) is 6. The molecule has 42 heavy (non-hydrogen) atoms. The van der Waals surface area contributed by atoms with E-state index in [1.54, 1.807) is 44.3 Å². The van der Waals surface area contributed by atoms with E-state index >= 15 is 0 Å². The van der Waals surface area contributed by atoms with Crippen LogP contribution < -0.4 is 4.74 Å². The van der Waals surface area contributed by atoms with Gasteiger partial charge in [-0.15, -0.1) is 0 Å². The number of benzene rings is 1. The summed E-state index contributed by atoms with van der Waals surface area (Å²) in [5, 5.41) is 14.5. The van der Waals surface area contributed by atoms with Crippen LogP contribution in [0.1, 0.15) is 46.2 Å². The maximum Gasteiger partial charge on any atom is 0.433 e. The van der Waals surface area contributed by atoms with Crippen LogP contribution in [0.3, 0.4) is 0 Å². The van der Waals surface area contributed by atoms with Gasteiger partial charge in [-0.3, -0.25) is 4.68 Å². The average molecular weight is 605 g/mol. The summed E-state index contributed by atoms with van der Waals surface area (Å²) < 4.78 is 50.3. The molecule has 4 rings (SSSR count). The minimum atomic E-state index is -4.72. The number of ether oxygens (including phenoxy) is 1. The molecule has 3 heterocycles. The van der Waals surface area contributed by atoms with Crippen molar-refractivity contribution in [2.75, 3.05) is 26.2 Å². The molecule has 0 bridgehead atoms. The summed E-state index contributed by atoms with van der Waals surface area (Å²) in [6.07, 6.45) is 2.00. The lowest BCUT2D eigenvalue weighted by Crippen LogP contribution is -2.25. The van der Waals surface area contributed by atoms with E-state index in [9.17, 15) is 18.3 Å². The Bertz CT molecular complexity index is 1460. The summed E-state index contributed by atoms with van der Waals surface area (Å²) in [4.78, 5) is 14.0. The molecule has 0 spiro atoms. The third kappa shape index (κ3) is 7.32. The topological polar surface area (TPSA) is 92.1 Å². The zero-order valence-electron chi connectivity index (χ0n) is 24.2. The van der Waals surface area contributed by atoms with E-state index in [0.717, 1.165) is 30.7 Å². The Kier molecular flexibility index (Phi) is 9.96. The fraction of sp³-hybridized carbons (Fsp3) is 0.433. The van der Waals surface area contributed by atoms with Crippen LogP contribution in [0.2, 0.25) is 5.02 Å². The normalized spacial score (nSPS) is 12.3. The van der Waals surface area contributed by atoms with E-state index in [2.05, 4.69) is 38.8 Å². The van der Waals surface area contributed by atoms with Gasteiger partial charge in [-0.2, -0.15) is 18.3 Å². The molecule has 8 nitrogen and oxygen atoms in total. The molecule has 12 heteroatoms. The Morgan fingerprint density at radius 1 is 1.05 bits per heavy atom. The number of aliphatic hydroxyl groups is 1. The van der Waals surface area contributed by atoms with E-state index in [4.69, 9.17) is 16.3 Å². The molecule has 2 N–H and O–H groups in total. The number of nitrogens with zero attached hydrogens (tertiary/aromatic N) is 5. The van der Waals surface area contributed by atoms with Gasteiger partial charge >= 0.3 is 6.18 Å². The summed E-state index contributed by atoms with van der Waals surface area (Å²) in [5.74, 6) is 0.703. The predicted molar refractivity (Wildman–Crippen MR) is 157 cm³/mol. The largest absolute Gasteiger partial charge is 0.492 e. The fourth-order valence-electron chi connectivity index (χ4n) is 4.77. The van der Waals surface area contributed by atoms with Gasteiger partial charge in [0.25, 0.3) is 0 Å². The van der Waals surface area contributed by atoms with E-state index in [1.807, 2.05) is 0 Å². The van der Waals surface area contributed by atoms with Crippen LogP contribution in [0.25, 0.3) is 33.8 Å². The summed E-state index contributed by atoms with van der Waals surface area (Å²) in [6, 6.07) is 6.97. The first-order valence-corrected chi connectivity index (χ1v) is 14.3. The Morgan fingerprint density at radius 2 is 1.76 bits per heavy atom. The standard InChI is InChI=1S/C30H36ClF3N6O2/c1-5-39(6-2)15-9-17-42-23-11-7-10-20(25(23)31)21-18-37-26(24(21)28-35-13-8-14-36-28)22-19-38-40(16-12-29(3,4)41)27(22)30(32,33)34/h7-8,10-11,13-14,18-19,37,41H,5-6,9,12,15-17H2,1-4H3. The molecule has 4 aromatic rings. The first-order chi connectivity index (χ1) is 19.9. The molecule has 1 aromatic carbocycles. The number of nitrogens with one attached hydrogen (secondary N) is 1. The van der Waals surface area contributed by atoms with Crippen molar-refractivity contribution in [3.63, 3.8) is 0 Å². The summed E-state index contributed by atoms with van der Waals surface area (Å²) >= 11 is 6.84. The van der Waals surface area contributed by atoms with Gasteiger partial charge < -0.3 is 19.7 Å². The van der Waals surface area contributed by atoms with E-state index in [-0.39, 0.29) is 30.0 Å². The second kappa shape index (κ2) is 13.3. The lowest BCUT2D eigenvalue weighted by atomic mass is 9.98. The zero-order valence-corrected chi connectivity index (χ0v) is 24.9. The highest BCUT2D eigenvalue weighted by molar-refractivity contribution is 6.35. The molecule has 0 fully saturated rings. The number of hydrogen-bond donors (Lipinski definition) is 2. The van der Waals surface area contributed by atoms with Gasteiger partial charge in [0.1, 0.15) is 5.75 Å². The molecule has 0 aliphatic carbocycles. The van der Waals surface area contributed by atoms with Crippen LogP contribution in [0, 0.1) is 0 Å². The number of halogens is 4. The van der Waals surface area contributed by atoms with Crippen molar-refractivity contribution in [2.45, 2.75) is 58.9 Å². The van der Waals surface area contributed by atoms with Crippen molar-refractivity contribution in [3.8, 4) is 39.5 Å². The quantitative estimate of drug-likeness (QED) is 0.161. The molecule has 3 aromatic heterocycles. The van der Waals surface area contributed by atoms with Gasteiger partial charge in [-0.1, -0.05) is 37.6 Å². The summed E-state index contributed by atoms with van der Waals surface area (Å²) in [6.45, 7) is 10.5. The predicted octanol–water partition coefficient (Wildman–Crippen LogP) is 6.95. The van der Waals surface area contributed by atoms with Crippen molar-refractivity contribution >= 4 is 11.6 Å². The smallest absolute Gasteiger partial charge is 0.433 e. The maximum atomic E-state index is 14.5. The Hall–Kier alpha value is -3.41. The van der Waals surface area contributed by atoms with Gasteiger partial charge in [0.05, 0.1) is 34.7 Å². The SMILES string of the molecule is CCN(CC)CCCOc1cccc(-c2c[nH]c(-c3cnn(CCC(C)(C)O)c3C(F)(F)F)c2-c2ncccn2)c1Cl. The molecule has 0 atom stereocenters. The lowest BCUT2D eigenvalue weighted by Gasteiger charge is -2.19. The Balaban J connectivity index is 1.77. The average Bonchev–Trinajstić information content (AvgIpc) is 3.57. The minimum Gasteiger partial charge on any atom is -0.492 e. The zero-order chi connectivity index (χ0) is 30.5. The van der Waals surface area contributed by atoms with Crippen molar-refractivity contribution in [3.05, 3.63) is 59.8 Å².